The molecule has 0 aliphatic heterocycles. The Labute approximate surface area is 109 Å². The number of halogens is 4. The van der Waals surface area contributed by atoms with Crippen molar-refractivity contribution in [1.82, 2.24) is 4.98 Å². The highest BCUT2D eigenvalue weighted by atomic mass is 35.5. The first-order chi connectivity index (χ1) is 8.47. The SMILES string of the molecule is FC(F)(F)C1CCC(Nc2cccnc2Cl)CC1. The molecule has 18 heavy (non-hydrogen) atoms. The van der Waals surface area contributed by atoms with Gasteiger partial charge in [0.25, 0.3) is 0 Å². The maximum atomic E-state index is 12.5. The van der Waals surface area contributed by atoms with Crippen molar-refractivity contribution in [2.75, 3.05) is 5.32 Å². The van der Waals surface area contributed by atoms with Crippen molar-refractivity contribution >= 4 is 17.3 Å². The standard InChI is InChI=1S/C12H14ClF3N2/c13-11-10(2-1-7-17-11)18-9-5-3-8(4-6-9)12(14,15)16/h1-2,7-9,18H,3-6H2. The van der Waals surface area contributed by atoms with Gasteiger partial charge in [-0.2, -0.15) is 13.2 Å². The van der Waals surface area contributed by atoms with E-state index in [9.17, 15) is 13.2 Å². The van der Waals surface area contributed by atoms with Gasteiger partial charge in [0.05, 0.1) is 11.6 Å². The van der Waals surface area contributed by atoms with Crippen molar-refractivity contribution in [3.05, 3.63) is 23.5 Å². The van der Waals surface area contributed by atoms with Gasteiger partial charge in [0.15, 0.2) is 5.15 Å². The summed E-state index contributed by atoms with van der Waals surface area (Å²) in [7, 11) is 0. The molecule has 2 rings (SSSR count). The molecule has 1 fully saturated rings. The summed E-state index contributed by atoms with van der Waals surface area (Å²) >= 11 is 5.89. The van der Waals surface area contributed by atoms with Crippen LogP contribution in [0.2, 0.25) is 5.15 Å². The highest BCUT2D eigenvalue weighted by Crippen LogP contribution is 2.38. The third-order valence-electron chi connectivity index (χ3n) is 3.31. The Morgan fingerprint density at radius 1 is 1.22 bits per heavy atom. The molecule has 6 heteroatoms. The van der Waals surface area contributed by atoms with Crippen LogP contribution in [0.1, 0.15) is 25.7 Å². The second kappa shape index (κ2) is 5.34. The lowest BCUT2D eigenvalue weighted by Gasteiger charge is -2.30. The summed E-state index contributed by atoms with van der Waals surface area (Å²) in [5, 5.41) is 3.52. The Morgan fingerprint density at radius 3 is 2.44 bits per heavy atom. The predicted octanol–water partition coefficient (Wildman–Crippen LogP) is 4.27. The maximum absolute atomic E-state index is 12.5. The summed E-state index contributed by atoms with van der Waals surface area (Å²) < 4.78 is 37.5. The number of hydrogen-bond acceptors (Lipinski definition) is 2. The first-order valence-electron chi connectivity index (χ1n) is 5.90. The summed E-state index contributed by atoms with van der Waals surface area (Å²) in [5.41, 5.74) is 0.689. The second-order valence-electron chi connectivity index (χ2n) is 4.58. The molecule has 100 valence electrons. The van der Waals surface area contributed by atoms with E-state index in [0.717, 1.165) is 0 Å². The number of anilines is 1. The molecule has 1 aliphatic rings. The molecule has 1 aliphatic carbocycles. The Balaban J connectivity index is 1.90. The molecule has 0 spiro atoms. The minimum atomic E-state index is -4.06. The molecule has 1 N–H and O–H groups in total. The molecule has 0 saturated heterocycles. The number of aromatic nitrogens is 1. The lowest BCUT2D eigenvalue weighted by molar-refractivity contribution is -0.182. The maximum Gasteiger partial charge on any atom is 0.391 e. The first-order valence-corrected chi connectivity index (χ1v) is 6.28. The quantitative estimate of drug-likeness (QED) is 0.817. The zero-order chi connectivity index (χ0) is 13.2. The lowest BCUT2D eigenvalue weighted by atomic mass is 9.85. The van der Waals surface area contributed by atoms with Gasteiger partial charge in [0, 0.05) is 12.2 Å². The number of alkyl halides is 3. The van der Waals surface area contributed by atoms with Gasteiger partial charge in [-0.25, -0.2) is 4.98 Å². The first kappa shape index (κ1) is 13.5. The molecular formula is C12H14ClF3N2. The van der Waals surface area contributed by atoms with Gasteiger partial charge in [0.1, 0.15) is 0 Å². The molecule has 0 atom stereocenters. The monoisotopic (exact) mass is 278 g/mol. The van der Waals surface area contributed by atoms with Crippen LogP contribution in [0.15, 0.2) is 18.3 Å². The molecular weight excluding hydrogens is 265 g/mol. The second-order valence-corrected chi connectivity index (χ2v) is 4.93. The third-order valence-corrected chi connectivity index (χ3v) is 3.61. The smallest absolute Gasteiger partial charge is 0.380 e. The highest BCUT2D eigenvalue weighted by Gasteiger charge is 2.41. The number of hydrogen-bond donors (Lipinski definition) is 1. The van der Waals surface area contributed by atoms with Crippen molar-refractivity contribution in [3.8, 4) is 0 Å². The van der Waals surface area contributed by atoms with Crippen LogP contribution in [0.4, 0.5) is 18.9 Å². The number of nitrogens with zero attached hydrogens (tertiary/aromatic N) is 1. The Kier molecular flexibility index (Phi) is 4.00. The fraction of sp³-hybridized carbons (Fsp3) is 0.583. The summed E-state index contributed by atoms with van der Waals surface area (Å²) in [6, 6.07) is 3.58. The van der Waals surface area contributed by atoms with E-state index < -0.39 is 12.1 Å². The van der Waals surface area contributed by atoms with Gasteiger partial charge >= 0.3 is 6.18 Å². The molecule has 0 amide bonds. The van der Waals surface area contributed by atoms with E-state index in [4.69, 9.17) is 11.6 Å². The number of rotatable bonds is 2. The molecule has 1 aromatic rings. The normalized spacial score (nSPS) is 24.9. The van der Waals surface area contributed by atoms with Crippen LogP contribution in [0.3, 0.4) is 0 Å². The third kappa shape index (κ3) is 3.28. The fourth-order valence-electron chi connectivity index (χ4n) is 2.28. The van der Waals surface area contributed by atoms with Gasteiger partial charge in [0.2, 0.25) is 0 Å². The summed E-state index contributed by atoms with van der Waals surface area (Å²) in [6.45, 7) is 0. The lowest BCUT2D eigenvalue weighted by Crippen LogP contribution is -2.32. The van der Waals surface area contributed by atoms with E-state index in [-0.39, 0.29) is 18.9 Å². The summed E-state index contributed by atoms with van der Waals surface area (Å²) in [5.74, 6) is -1.15. The van der Waals surface area contributed by atoms with E-state index in [2.05, 4.69) is 10.3 Å². The minimum Gasteiger partial charge on any atom is -0.380 e. The van der Waals surface area contributed by atoms with Gasteiger partial charge in [-0.05, 0) is 37.8 Å². The average Bonchev–Trinajstić information content (AvgIpc) is 2.32. The topological polar surface area (TPSA) is 24.9 Å². The molecule has 0 unspecified atom stereocenters. The van der Waals surface area contributed by atoms with E-state index in [1.165, 1.54) is 0 Å². The zero-order valence-electron chi connectivity index (χ0n) is 9.67. The molecule has 0 radical (unpaired) electrons. The van der Waals surface area contributed by atoms with Gasteiger partial charge < -0.3 is 5.32 Å². The Morgan fingerprint density at radius 2 is 1.89 bits per heavy atom. The summed E-state index contributed by atoms with van der Waals surface area (Å²) in [6.07, 6.45) is -1.10. The van der Waals surface area contributed by atoms with Crippen molar-refractivity contribution in [2.45, 2.75) is 37.9 Å². The van der Waals surface area contributed by atoms with Crippen LogP contribution in [0.5, 0.6) is 0 Å². The zero-order valence-corrected chi connectivity index (χ0v) is 10.4. The molecule has 0 bridgehead atoms. The largest absolute Gasteiger partial charge is 0.391 e. The number of pyridine rings is 1. The molecule has 0 aromatic carbocycles. The fourth-order valence-corrected chi connectivity index (χ4v) is 2.45. The van der Waals surface area contributed by atoms with Gasteiger partial charge in [-0.1, -0.05) is 11.6 Å². The van der Waals surface area contributed by atoms with Crippen molar-refractivity contribution in [2.24, 2.45) is 5.92 Å². The van der Waals surface area contributed by atoms with Crippen LogP contribution >= 0.6 is 11.6 Å². The molecule has 1 saturated carbocycles. The van der Waals surface area contributed by atoms with Crippen molar-refractivity contribution in [3.63, 3.8) is 0 Å². The van der Waals surface area contributed by atoms with Crippen molar-refractivity contribution < 1.29 is 13.2 Å². The van der Waals surface area contributed by atoms with Crippen LogP contribution in [-0.2, 0) is 0 Å². The Bertz CT molecular complexity index is 401. The van der Waals surface area contributed by atoms with Crippen LogP contribution < -0.4 is 5.32 Å². The van der Waals surface area contributed by atoms with Crippen LogP contribution in [0.25, 0.3) is 0 Å². The van der Waals surface area contributed by atoms with E-state index in [1.807, 2.05) is 0 Å². The van der Waals surface area contributed by atoms with Crippen molar-refractivity contribution in [1.29, 1.82) is 0 Å². The van der Waals surface area contributed by atoms with Crippen LogP contribution in [0, 0.1) is 5.92 Å². The van der Waals surface area contributed by atoms with E-state index >= 15 is 0 Å². The molecule has 1 heterocycles. The van der Waals surface area contributed by atoms with Crippen LogP contribution in [-0.4, -0.2) is 17.2 Å². The summed E-state index contributed by atoms with van der Waals surface area (Å²) in [4.78, 5) is 3.92. The average molecular weight is 279 g/mol. The minimum absolute atomic E-state index is 0.0466. The van der Waals surface area contributed by atoms with Gasteiger partial charge in [-0.15, -0.1) is 0 Å². The van der Waals surface area contributed by atoms with Gasteiger partial charge in [-0.3, -0.25) is 0 Å². The molecule has 1 aromatic heterocycles. The highest BCUT2D eigenvalue weighted by molar-refractivity contribution is 6.31. The van der Waals surface area contributed by atoms with E-state index in [0.29, 0.717) is 23.7 Å². The molecule has 2 nitrogen and oxygen atoms in total. The predicted molar refractivity (Wildman–Crippen MR) is 64.7 cm³/mol. The number of nitrogens with one attached hydrogen (secondary N) is 1. The van der Waals surface area contributed by atoms with E-state index in [1.54, 1.807) is 18.3 Å². The Hall–Kier alpha value is -0.970.